The number of ether oxygens (including phenoxy) is 2. The normalized spacial score (nSPS) is 26.2. The standard InChI is InChI=1S/C28H30F3NO5/c1-4-26(2,3)24-10-17-9-16(20(29)13-21(17)32(24)14-19(34)15-33)11-25(35)27(7-8-27)18-5-6-22-23(12-18)37-28(30,31)36-22/h5-6,9-10,12-13,19,33-34H,4,7-8,11,14-15H2,1-3H3/t19-/m0/s1/i5D,6D,7D2,8D2,12D,15D2,19D. The second-order valence-electron chi connectivity index (χ2n) is 9.59. The van der Waals surface area contributed by atoms with Gasteiger partial charge >= 0.3 is 6.29 Å². The van der Waals surface area contributed by atoms with E-state index in [-0.39, 0.29) is 10.9 Å². The highest BCUT2D eigenvalue weighted by atomic mass is 19.3. The Kier molecular flexibility index (Phi) is 3.80. The van der Waals surface area contributed by atoms with Gasteiger partial charge in [0, 0.05) is 28.4 Å². The molecule has 0 saturated heterocycles. The molecule has 198 valence electrons. The summed E-state index contributed by atoms with van der Waals surface area (Å²) in [5, 5.41) is 20.4. The molecule has 1 saturated carbocycles. The summed E-state index contributed by atoms with van der Waals surface area (Å²) in [5.41, 5.74) is -4.71. The number of nitrogens with zero attached hydrogens (tertiary/aromatic N) is 1. The van der Waals surface area contributed by atoms with Crippen LogP contribution < -0.4 is 9.47 Å². The summed E-state index contributed by atoms with van der Waals surface area (Å²) in [7, 11) is 0. The Morgan fingerprint density at radius 3 is 2.65 bits per heavy atom. The van der Waals surface area contributed by atoms with Crippen LogP contribution in [0.4, 0.5) is 13.2 Å². The Balaban J connectivity index is 1.66. The Morgan fingerprint density at radius 2 is 2.00 bits per heavy atom. The van der Waals surface area contributed by atoms with Gasteiger partial charge in [-0.2, -0.15) is 0 Å². The first-order valence-electron chi connectivity index (χ1n) is 16.4. The molecule has 0 spiro atoms. The van der Waals surface area contributed by atoms with Crippen LogP contribution in [0.15, 0.2) is 36.3 Å². The van der Waals surface area contributed by atoms with Crippen molar-refractivity contribution < 1.29 is 51.4 Å². The maximum atomic E-state index is 15.8. The van der Waals surface area contributed by atoms with Crippen molar-refractivity contribution in [2.24, 2.45) is 0 Å². The highest BCUT2D eigenvalue weighted by molar-refractivity contribution is 5.95. The van der Waals surface area contributed by atoms with Gasteiger partial charge in [0.1, 0.15) is 11.6 Å². The van der Waals surface area contributed by atoms with Crippen molar-refractivity contribution in [2.45, 2.75) is 76.1 Å². The van der Waals surface area contributed by atoms with Gasteiger partial charge in [-0.15, -0.1) is 8.78 Å². The molecule has 1 aromatic heterocycles. The average molecular weight is 528 g/mol. The van der Waals surface area contributed by atoms with E-state index in [1.165, 1.54) is 16.7 Å². The van der Waals surface area contributed by atoms with E-state index < -0.39 is 108 Å². The number of benzene rings is 2. The van der Waals surface area contributed by atoms with E-state index in [2.05, 4.69) is 9.47 Å². The number of aromatic nitrogens is 1. The molecule has 1 fully saturated rings. The Hall–Kier alpha value is -3.04. The molecule has 2 heterocycles. The number of aliphatic hydroxyl groups is 2. The molecule has 37 heavy (non-hydrogen) atoms. The van der Waals surface area contributed by atoms with Crippen LogP contribution in [-0.2, 0) is 28.6 Å². The number of carbonyl (C=O) groups excluding carboxylic acids is 1. The minimum atomic E-state index is -4.35. The zero-order valence-corrected chi connectivity index (χ0v) is 20.1. The number of Topliss-reactive ketones (excluding diaryl/α,β-unsaturated/α-hetero) is 1. The summed E-state index contributed by atoms with van der Waals surface area (Å²) >= 11 is 0. The molecule has 2 aliphatic rings. The van der Waals surface area contributed by atoms with E-state index in [0.29, 0.717) is 12.1 Å². The lowest BCUT2D eigenvalue weighted by molar-refractivity contribution is -0.286. The maximum absolute atomic E-state index is 15.8. The van der Waals surface area contributed by atoms with E-state index in [1.807, 2.05) is 6.92 Å². The largest absolute Gasteiger partial charge is 0.586 e. The van der Waals surface area contributed by atoms with Gasteiger partial charge in [-0.3, -0.25) is 4.79 Å². The zero-order chi connectivity index (χ0) is 35.7. The molecular formula is C28H30F3NO5. The average Bonchev–Trinajstić information content (AvgIpc) is 3.25. The lowest BCUT2D eigenvalue weighted by Crippen LogP contribution is -2.26. The summed E-state index contributed by atoms with van der Waals surface area (Å²) < 4.78 is 135. The number of fused-ring (bicyclic) bond motifs is 2. The summed E-state index contributed by atoms with van der Waals surface area (Å²) in [6.07, 6.45) is -14.3. The maximum Gasteiger partial charge on any atom is 0.586 e. The summed E-state index contributed by atoms with van der Waals surface area (Å²) in [5.74, 6) is -4.55. The first kappa shape index (κ1) is 16.0. The van der Waals surface area contributed by atoms with Gasteiger partial charge in [-0.25, -0.2) is 4.39 Å². The van der Waals surface area contributed by atoms with Gasteiger partial charge in [0.15, 0.2) is 11.5 Å². The fraction of sp³-hybridized carbons (Fsp3) is 0.464. The minimum Gasteiger partial charge on any atom is -0.395 e. The van der Waals surface area contributed by atoms with Gasteiger partial charge in [0.25, 0.3) is 0 Å². The van der Waals surface area contributed by atoms with Crippen LogP contribution in [0.5, 0.6) is 11.5 Å². The smallest absolute Gasteiger partial charge is 0.395 e. The molecule has 5 rings (SSSR count). The fourth-order valence-corrected chi connectivity index (χ4v) is 4.30. The van der Waals surface area contributed by atoms with Crippen molar-refractivity contribution in [1.29, 1.82) is 0 Å². The molecule has 1 atom stereocenters. The lowest BCUT2D eigenvalue weighted by atomic mass is 9.86. The molecule has 3 aromatic rings. The van der Waals surface area contributed by atoms with Crippen molar-refractivity contribution in [2.75, 3.05) is 6.56 Å². The van der Waals surface area contributed by atoms with E-state index >= 15 is 4.39 Å². The molecule has 0 unspecified atom stereocenters. The van der Waals surface area contributed by atoms with E-state index in [1.54, 1.807) is 13.8 Å². The second-order valence-corrected chi connectivity index (χ2v) is 9.59. The van der Waals surface area contributed by atoms with Crippen LogP contribution in [0.3, 0.4) is 0 Å². The molecule has 1 aliphatic carbocycles. The first-order valence-corrected chi connectivity index (χ1v) is 11.4. The molecule has 6 nitrogen and oxygen atoms in total. The number of rotatable bonds is 9. The SMILES string of the molecule is [2H]c1c([2H])c(C2(C(=O)Cc3cc4cc(C(C)(C)CC)n(C[C@]([2H])(O)C([2H])([2H])O)c4cc3F)C([2H])([2H])C2([2H])[2H])c([2H])c2c1OC(F)(F)O2. The predicted molar refractivity (Wildman–Crippen MR) is 131 cm³/mol. The first-order chi connectivity index (χ1) is 21.2. The number of carbonyl (C=O) groups is 1. The van der Waals surface area contributed by atoms with Crippen LogP contribution >= 0.6 is 0 Å². The summed E-state index contributed by atoms with van der Waals surface area (Å²) in [4.78, 5) is 14.0. The van der Waals surface area contributed by atoms with Gasteiger partial charge < -0.3 is 24.3 Å². The highest BCUT2D eigenvalue weighted by Gasteiger charge is 2.52. The number of halogens is 3. The Bertz CT molecular complexity index is 1820. The van der Waals surface area contributed by atoms with Crippen LogP contribution in [0, 0.1) is 5.82 Å². The molecule has 1 aliphatic heterocycles. The Morgan fingerprint density at radius 1 is 1.30 bits per heavy atom. The van der Waals surface area contributed by atoms with E-state index in [0.717, 1.165) is 6.07 Å². The zero-order valence-electron chi connectivity index (χ0n) is 30.1. The second kappa shape index (κ2) is 8.77. The van der Waals surface area contributed by atoms with E-state index in [9.17, 15) is 23.8 Å². The topological polar surface area (TPSA) is 80.9 Å². The molecule has 0 amide bonds. The minimum absolute atomic E-state index is 0.0365. The Labute approximate surface area is 226 Å². The third kappa shape index (κ3) is 4.48. The molecule has 0 bridgehead atoms. The van der Waals surface area contributed by atoms with Gasteiger partial charge in [-0.1, -0.05) is 26.8 Å². The summed E-state index contributed by atoms with van der Waals surface area (Å²) in [6, 6.07) is 0.230. The molecule has 2 N–H and O–H groups in total. The van der Waals surface area contributed by atoms with Crippen LogP contribution in [0.1, 0.15) is 70.5 Å². The third-order valence-electron chi connectivity index (χ3n) is 6.79. The van der Waals surface area contributed by atoms with Crippen LogP contribution in [-0.4, -0.2) is 39.5 Å². The highest BCUT2D eigenvalue weighted by Crippen LogP contribution is 2.52. The molecular weight excluding hydrogens is 487 g/mol. The van der Waals surface area contributed by atoms with Crippen molar-refractivity contribution in [3.63, 3.8) is 0 Å². The predicted octanol–water partition coefficient (Wildman–Crippen LogP) is 4.99. The molecule has 9 heteroatoms. The summed E-state index contributed by atoms with van der Waals surface area (Å²) in [6.45, 7) is 1.18. The molecule has 2 aromatic carbocycles. The van der Waals surface area contributed by atoms with Crippen molar-refractivity contribution in [3.05, 3.63) is 59.0 Å². The van der Waals surface area contributed by atoms with Gasteiger partial charge in [-0.05, 0) is 60.6 Å². The van der Waals surface area contributed by atoms with Crippen molar-refractivity contribution >= 4 is 16.7 Å². The van der Waals surface area contributed by atoms with Crippen LogP contribution in [0.2, 0.25) is 0 Å². The van der Waals surface area contributed by atoms with E-state index in [4.69, 9.17) is 13.7 Å². The number of ketones is 1. The quantitative estimate of drug-likeness (QED) is 0.410. The third-order valence-corrected chi connectivity index (χ3v) is 6.79. The number of alkyl halides is 2. The van der Waals surface area contributed by atoms with Crippen molar-refractivity contribution in [1.82, 2.24) is 4.57 Å². The fourth-order valence-electron chi connectivity index (χ4n) is 4.30. The van der Waals surface area contributed by atoms with Crippen molar-refractivity contribution in [3.8, 4) is 11.5 Å². The van der Waals surface area contributed by atoms with Gasteiger partial charge in [0.05, 0.1) is 38.3 Å². The van der Waals surface area contributed by atoms with Crippen LogP contribution in [0.25, 0.3) is 10.9 Å². The monoisotopic (exact) mass is 527 g/mol. The number of hydrogen-bond acceptors (Lipinski definition) is 5. The molecule has 0 radical (unpaired) electrons. The lowest BCUT2D eigenvalue weighted by Gasteiger charge is -2.26. The van der Waals surface area contributed by atoms with Gasteiger partial charge in [0.2, 0.25) is 0 Å². The number of hydrogen-bond donors (Lipinski definition) is 2.